The van der Waals surface area contributed by atoms with Gasteiger partial charge in [0.1, 0.15) is 30.0 Å². The van der Waals surface area contributed by atoms with Gasteiger partial charge in [-0.05, 0) is 29.8 Å². The lowest BCUT2D eigenvalue weighted by molar-refractivity contribution is -0.131. The topological polar surface area (TPSA) is 98.6 Å². The van der Waals surface area contributed by atoms with Crippen molar-refractivity contribution in [1.82, 2.24) is 5.32 Å². The Balaban J connectivity index is 1.39. The number of benzene rings is 2. The standard InChI is InChI=1S/C22H26N2O6/c1-27-18-6-3-5-15(10-18)9-16-11-21(30-24-16)22(26)23-13-17(25)14-29-20-8-4-7-19(12-20)28-2/h3-8,10,12,17,21,25H,9,11,13-14H2,1-2H3,(H,23,26)/t17-,21-/m1/s1. The molecule has 0 aromatic heterocycles. The number of nitrogens with one attached hydrogen (secondary N) is 1. The Hall–Kier alpha value is -3.26. The van der Waals surface area contributed by atoms with Crippen LogP contribution in [0.15, 0.2) is 53.7 Å². The lowest BCUT2D eigenvalue weighted by atomic mass is 10.0. The van der Waals surface area contributed by atoms with Gasteiger partial charge in [-0.2, -0.15) is 0 Å². The monoisotopic (exact) mass is 414 g/mol. The summed E-state index contributed by atoms with van der Waals surface area (Å²) in [6, 6.07) is 14.8. The molecule has 1 aliphatic heterocycles. The first-order valence-electron chi connectivity index (χ1n) is 9.64. The van der Waals surface area contributed by atoms with Crippen molar-refractivity contribution in [3.05, 3.63) is 54.1 Å². The van der Waals surface area contributed by atoms with E-state index >= 15 is 0 Å². The highest BCUT2D eigenvalue weighted by atomic mass is 16.6. The number of aliphatic hydroxyl groups excluding tert-OH is 1. The number of aliphatic hydroxyl groups is 1. The van der Waals surface area contributed by atoms with Crippen molar-refractivity contribution in [2.24, 2.45) is 5.16 Å². The predicted octanol–water partition coefficient (Wildman–Crippen LogP) is 1.95. The van der Waals surface area contributed by atoms with E-state index in [0.29, 0.717) is 24.3 Å². The molecular weight excluding hydrogens is 388 g/mol. The Morgan fingerprint density at radius 1 is 1.17 bits per heavy atom. The number of nitrogens with zero attached hydrogens (tertiary/aromatic N) is 1. The molecule has 8 nitrogen and oxygen atoms in total. The zero-order chi connectivity index (χ0) is 21.3. The van der Waals surface area contributed by atoms with Gasteiger partial charge in [-0.3, -0.25) is 4.79 Å². The fraction of sp³-hybridized carbons (Fsp3) is 0.364. The minimum atomic E-state index is -0.862. The van der Waals surface area contributed by atoms with Gasteiger partial charge in [0.15, 0.2) is 0 Å². The molecule has 0 fully saturated rings. The molecule has 30 heavy (non-hydrogen) atoms. The van der Waals surface area contributed by atoms with Crippen molar-refractivity contribution >= 4 is 11.6 Å². The van der Waals surface area contributed by atoms with Crippen molar-refractivity contribution in [3.8, 4) is 17.2 Å². The van der Waals surface area contributed by atoms with Crippen LogP contribution in [0.4, 0.5) is 0 Å². The summed E-state index contributed by atoms with van der Waals surface area (Å²) in [6.07, 6.45) is -0.576. The molecule has 1 heterocycles. The molecule has 2 atom stereocenters. The highest BCUT2D eigenvalue weighted by molar-refractivity contribution is 5.94. The molecule has 2 N–H and O–H groups in total. The molecule has 0 aliphatic carbocycles. The van der Waals surface area contributed by atoms with E-state index in [-0.39, 0.29) is 19.1 Å². The first-order chi connectivity index (χ1) is 14.6. The Labute approximate surface area is 175 Å². The van der Waals surface area contributed by atoms with Crippen LogP contribution < -0.4 is 19.5 Å². The Bertz CT molecular complexity index is 885. The van der Waals surface area contributed by atoms with Gasteiger partial charge in [0.2, 0.25) is 6.10 Å². The summed E-state index contributed by atoms with van der Waals surface area (Å²) in [5.74, 6) is 1.69. The highest BCUT2D eigenvalue weighted by Crippen LogP contribution is 2.19. The largest absolute Gasteiger partial charge is 0.497 e. The second-order valence-electron chi connectivity index (χ2n) is 6.87. The number of ether oxygens (including phenoxy) is 3. The zero-order valence-corrected chi connectivity index (χ0v) is 17.0. The van der Waals surface area contributed by atoms with Crippen LogP contribution in [-0.4, -0.2) is 56.3 Å². The number of carbonyl (C=O) groups excluding carboxylic acids is 1. The van der Waals surface area contributed by atoms with E-state index in [1.807, 2.05) is 24.3 Å². The Morgan fingerprint density at radius 3 is 2.63 bits per heavy atom. The maximum absolute atomic E-state index is 12.3. The summed E-state index contributed by atoms with van der Waals surface area (Å²) >= 11 is 0. The van der Waals surface area contributed by atoms with Crippen molar-refractivity contribution in [1.29, 1.82) is 0 Å². The normalized spacial score (nSPS) is 16.2. The van der Waals surface area contributed by atoms with Crippen LogP contribution in [-0.2, 0) is 16.1 Å². The van der Waals surface area contributed by atoms with Crippen molar-refractivity contribution in [2.75, 3.05) is 27.4 Å². The van der Waals surface area contributed by atoms with E-state index in [1.54, 1.807) is 38.5 Å². The SMILES string of the molecule is COc1cccc(CC2=NO[C@@H](C(=O)NC[C@@H](O)COc3cccc(OC)c3)C2)c1. The van der Waals surface area contributed by atoms with Gasteiger partial charge in [-0.25, -0.2) is 0 Å². The van der Waals surface area contributed by atoms with E-state index in [9.17, 15) is 9.90 Å². The summed E-state index contributed by atoms with van der Waals surface area (Å²) in [7, 11) is 3.19. The molecule has 0 saturated heterocycles. The third-order valence-electron chi connectivity index (χ3n) is 4.56. The molecule has 2 aromatic carbocycles. The van der Waals surface area contributed by atoms with Crippen LogP contribution in [0.5, 0.6) is 17.2 Å². The van der Waals surface area contributed by atoms with Crippen molar-refractivity contribution in [2.45, 2.75) is 25.0 Å². The lowest BCUT2D eigenvalue weighted by Gasteiger charge is -2.15. The summed E-state index contributed by atoms with van der Waals surface area (Å²) in [6.45, 7) is 0.0877. The smallest absolute Gasteiger partial charge is 0.264 e. The van der Waals surface area contributed by atoms with Gasteiger partial charge < -0.3 is 29.5 Å². The molecule has 0 unspecified atom stereocenters. The van der Waals surface area contributed by atoms with Crippen molar-refractivity contribution < 1.29 is 28.9 Å². The fourth-order valence-electron chi connectivity index (χ4n) is 2.96. The van der Waals surface area contributed by atoms with Gasteiger partial charge in [-0.1, -0.05) is 23.4 Å². The maximum atomic E-state index is 12.3. The van der Waals surface area contributed by atoms with Crippen LogP contribution in [0.25, 0.3) is 0 Å². The molecule has 1 amide bonds. The number of oxime groups is 1. The van der Waals surface area contributed by atoms with Gasteiger partial charge in [-0.15, -0.1) is 0 Å². The van der Waals surface area contributed by atoms with Gasteiger partial charge in [0.25, 0.3) is 5.91 Å². The second-order valence-corrected chi connectivity index (χ2v) is 6.87. The van der Waals surface area contributed by atoms with Gasteiger partial charge in [0.05, 0.1) is 19.9 Å². The summed E-state index contributed by atoms with van der Waals surface area (Å²) in [4.78, 5) is 17.6. The van der Waals surface area contributed by atoms with Crippen LogP contribution >= 0.6 is 0 Å². The number of hydrogen-bond donors (Lipinski definition) is 2. The van der Waals surface area contributed by atoms with Gasteiger partial charge >= 0.3 is 0 Å². The zero-order valence-electron chi connectivity index (χ0n) is 17.0. The number of hydrogen-bond acceptors (Lipinski definition) is 7. The highest BCUT2D eigenvalue weighted by Gasteiger charge is 2.28. The summed E-state index contributed by atoms with van der Waals surface area (Å²) in [5, 5.41) is 16.8. The lowest BCUT2D eigenvalue weighted by Crippen LogP contribution is -2.40. The molecule has 2 aromatic rings. The molecule has 8 heteroatoms. The maximum Gasteiger partial charge on any atom is 0.264 e. The fourth-order valence-corrected chi connectivity index (χ4v) is 2.96. The Morgan fingerprint density at radius 2 is 1.87 bits per heavy atom. The number of carbonyl (C=O) groups is 1. The van der Waals surface area contributed by atoms with Gasteiger partial charge in [0, 0.05) is 25.5 Å². The quantitative estimate of drug-likeness (QED) is 0.617. The molecule has 0 spiro atoms. The molecular formula is C22H26N2O6. The van der Waals surface area contributed by atoms with Crippen LogP contribution in [0, 0.1) is 0 Å². The summed E-state index contributed by atoms with van der Waals surface area (Å²) < 4.78 is 15.9. The summed E-state index contributed by atoms with van der Waals surface area (Å²) in [5.41, 5.74) is 1.81. The average Bonchev–Trinajstić information content (AvgIpc) is 3.24. The average molecular weight is 414 g/mol. The molecule has 0 radical (unpaired) electrons. The number of methoxy groups -OCH3 is 2. The third kappa shape index (κ3) is 6.12. The molecule has 0 bridgehead atoms. The van der Waals surface area contributed by atoms with Crippen LogP contribution in [0.2, 0.25) is 0 Å². The predicted molar refractivity (Wildman–Crippen MR) is 111 cm³/mol. The Kier molecular flexibility index (Phi) is 7.51. The van der Waals surface area contributed by atoms with E-state index in [1.165, 1.54) is 0 Å². The molecule has 3 rings (SSSR count). The van der Waals surface area contributed by atoms with Crippen molar-refractivity contribution in [3.63, 3.8) is 0 Å². The van der Waals surface area contributed by atoms with E-state index < -0.39 is 12.2 Å². The number of rotatable bonds is 10. The second kappa shape index (κ2) is 10.5. The molecule has 160 valence electrons. The molecule has 0 saturated carbocycles. The van der Waals surface area contributed by atoms with E-state index in [4.69, 9.17) is 19.0 Å². The van der Waals surface area contributed by atoms with E-state index in [2.05, 4.69) is 10.5 Å². The minimum Gasteiger partial charge on any atom is -0.497 e. The van der Waals surface area contributed by atoms with Crippen LogP contribution in [0.1, 0.15) is 12.0 Å². The minimum absolute atomic E-state index is 0.0383. The van der Waals surface area contributed by atoms with Crippen LogP contribution in [0.3, 0.4) is 0 Å². The first-order valence-corrected chi connectivity index (χ1v) is 9.64. The molecule has 1 aliphatic rings. The van der Waals surface area contributed by atoms with E-state index in [0.717, 1.165) is 17.0 Å². The third-order valence-corrected chi connectivity index (χ3v) is 4.56. The first kappa shape index (κ1) is 21.4. The number of amides is 1.